The molecule has 156 valence electrons. The molecule has 1 unspecified atom stereocenters. The molecule has 1 aliphatic heterocycles. The summed E-state index contributed by atoms with van der Waals surface area (Å²) in [5.41, 5.74) is 0.689. The van der Waals surface area contributed by atoms with Crippen LogP contribution in [0.2, 0.25) is 0 Å². The van der Waals surface area contributed by atoms with Gasteiger partial charge >= 0.3 is 6.03 Å². The van der Waals surface area contributed by atoms with Crippen molar-refractivity contribution in [3.05, 3.63) is 70.7 Å². The minimum absolute atomic E-state index is 0.0121. The van der Waals surface area contributed by atoms with E-state index >= 15 is 0 Å². The summed E-state index contributed by atoms with van der Waals surface area (Å²) in [5.74, 6) is -6.05. The Hall–Kier alpha value is -3.43. The molecule has 0 spiro atoms. The average Bonchev–Trinajstić information content (AvgIpc) is 3.11. The molecule has 0 bridgehead atoms. The van der Waals surface area contributed by atoms with Crippen LogP contribution >= 0.6 is 0 Å². The number of hydrogen-bond donors (Lipinski definition) is 1. The van der Waals surface area contributed by atoms with Gasteiger partial charge in [-0.2, -0.15) is 0 Å². The van der Waals surface area contributed by atoms with E-state index in [2.05, 4.69) is 10.5 Å². The Balaban J connectivity index is 1.63. The van der Waals surface area contributed by atoms with Gasteiger partial charge in [-0.05, 0) is 19.1 Å². The van der Waals surface area contributed by atoms with Crippen molar-refractivity contribution in [3.8, 4) is 11.3 Å². The highest BCUT2D eigenvalue weighted by Gasteiger charge is 2.34. The molecule has 5 nitrogen and oxygen atoms in total. The van der Waals surface area contributed by atoms with Gasteiger partial charge in [0.1, 0.15) is 11.6 Å². The molecular formula is C20H14F5N3O2. The van der Waals surface area contributed by atoms with Gasteiger partial charge in [0, 0.05) is 42.4 Å². The van der Waals surface area contributed by atoms with Gasteiger partial charge in [0.15, 0.2) is 23.2 Å². The number of carbonyl (C=O) groups is 1. The average molecular weight is 423 g/mol. The van der Waals surface area contributed by atoms with Gasteiger partial charge in [0.05, 0.1) is 17.3 Å². The molecule has 0 radical (unpaired) electrons. The van der Waals surface area contributed by atoms with Crippen LogP contribution in [0.1, 0.15) is 24.2 Å². The Morgan fingerprint density at radius 2 is 1.80 bits per heavy atom. The lowest BCUT2D eigenvalue weighted by atomic mass is 9.95. The van der Waals surface area contributed by atoms with E-state index < -0.39 is 41.2 Å². The Morgan fingerprint density at radius 1 is 1.10 bits per heavy atom. The van der Waals surface area contributed by atoms with Crippen molar-refractivity contribution in [2.45, 2.75) is 19.4 Å². The molecule has 10 heteroatoms. The first-order chi connectivity index (χ1) is 14.3. The Kier molecular flexibility index (Phi) is 4.92. The summed E-state index contributed by atoms with van der Waals surface area (Å²) >= 11 is 0. The minimum atomic E-state index is -1.64. The van der Waals surface area contributed by atoms with Crippen LogP contribution in [0.15, 0.2) is 34.9 Å². The van der Waals surface area contributed by atoms with E-state index in [9.17, 15) is 26.7 Å². The van der Waals surface area contributed by atoms with Gasteiger partial charge in [-0.1, -0.05) is 5.16 Å². The van der Waals surface area contributed by atoms with Crippen molar-refractivity contribution in [3.63, 3.8) is 0 Å². The zero-order chi connectivity index (χ0) is 21.6. The predicted octanol–water partition coefficient (Wildman–Crippen LogP) is 5.19. The van der Waals surface area contributed by atoms with Crippen LogP contribution in [-0.4, -0.2) is 22.6 Å². The number of anilines is 1. The first kappa shape index (κ1) is 19.9. The maximum absolute atomic E-state index is 14.2. The monoisotopic (exact) mass is 423 g/mol. The molecule has 1 aromatic heterocycles. The third-order valence-electron chi connectivity index (χ3n) is 4.95. The number of fused-ring (bicyclic) bond motifs is 1. The van der Waals surface area contributed by atoms with Crippen molar-refractivity contribution in [1.29, 1.82) is 0 Å². The number of hydrogen-bond acceptors (Lipinski definition) is 3. The topological polar surface area (TPSA) is 58.4 Å². The van der Waals surface area contributed by atoms with E-state index in [0.717, 1.165) is 6.07 Å². The van der Waals surface area contributed by atoms with Crippen LogP contribution in [0.25, 0.3) is 11.3 Å². The fourth-order valence-electron chi connectivity index (χ4n) is 3.49. The SMILES string of the molecule is CC1c2c(noc2-c2ccc(F)cc2F)CCN1C(=O)Nc1cc(F)c(F)c(F)c1. The third-order valence-corrected chi connectivity index (χ3v) is 4.95. The summed E-state index contributed by atoms with van der Waals surface area (Å²) in [4.78, 5) is 14.0. The van der Waals surface area contributed by atoms with E-state index in [1.54, 1.807) is 6.92 Å². The van der Waals surface area contributed by atoms with Crippen LogP contribution in [0.4, 0.5) is 32.4 Å². The van der Waals surface area contributed by atoms with Gasteiger partial charge in [-0.15, -0.1) is 0 Å². The molecule has 0 saturated heterocycles. The number of nitrogens with zero attached hydrogens (tertiary/aromatic N) is 2. The van der Waals surface area contributed by atoms with Crippen LogP contribution in [-0.2, 0) is 6.42 Å². The quantitative estimate of drug-likeness (QED) is 0.456. The first-order valence-corrected chi connectivity index (χ1v) is 8.92. The van der Waals surface area contributed by atoms with Gasteiger partial charge < -0.3 is 14.7 Å². The largest absolute Gasteiger partial charge is 0.356 e. The second-order valence-corrected chi connectivity index (χ2v) is 6.80. The van der Waals surface area contributed by atoms with E-state index in [-0.39, 0.29) is 30.0 Å². The molecule has 1 atom stereocenters. The first-order valence-electron chi connectivity index (χ1n) is 8.92. The molecule has 30 heavy (non-hydrogen) atoms. The Morgan fingerprint density at radius 3 is 2.47 bits per heavy atom. The van der Waals surface area contributed by atoms with Gasteiger partial charge in [-0.25, -0.2) is 26.7 Å². The van der Waals surface area contributed by atoms with E-state index in [1.165, 1.54) is 11.0 Å². The highest BCUT2D eigenvalue weighted by molar-refractivity contribution is 5.90. The van der Waals surface area contributed by atoms with Crippen molar-refractivity contribution in [2.24, 2.45) is 0 Å². The number of aromatic nitrogens is 1. The number of nitrogens with one attached hydrogen (secondary N) is 1. The van der Waals surface area contributed by atoms with Crippen molar-refractivity contribution >= 4 is 11.7 Å². The number of benzene rings is 2. The Labute approximate surface area is 167 Å². The molecule has 0 aliphatic carbocycles. The molecule has 1 N–H and O–H groups in total. The summed E-state index contributed by atoms with van der Waals surface area (Å²) in [6.07, 6.45) is 0.283. The zero-order valence-corrected chi connectivity index (χ0v) is 15.5. The normalized spacial score (nSPS) is 15.8. The van der Waals surface area contributed by atoms with Gasteiger partial charge in [0.2, 0.25) is 0 Å². The van der Waals surface area contributed by atoms with E-state index in [1.807, 2.05) is 0 Å². The van der Waals surface area contributed by atoms with Crippen molar-refractivity contribution in [1.82, 2.24) is 10.1 Å². The summed E-state index contributed by atoms with van der Waals surface area (Å²) in [6, 6.07) is 2.97. The van der Waals surface area contributed by atoms with E-state index in [0.29, 0.717) is 29.5 Å². The number of rotatable bonds is 2. The molecule has 2 amide bonds. The van der Waals surface area contributed by atoms with Gasteiger partial charge in [0.25, 0.3) is 0 Å². The van der Waals surface area contributed by atoms with Crippen LogP contribution < -0.4 is 5.32 Å². The lowest BCUT2D eigenvalue weighted by Gasteiger charge is -2.33. The summed E-state index contributed by atoms with van der Waals surface area (Å²) in [7, 11) is 0. The third kappa shape index (κ3) is 3.38. The van der Waals surface area contributed by atoms with E-state index in [4.69, 9.17) is 4.52 Å². The van der Waals surface area contributed by atoms with Crippen molar-refractivity contribution < 1.29 is 31.3 Å². The predicted molar refractivity (Wildman–Crippen MR) is 96.0 cm³/mol. The van der Waals surface area contributed by atoms with Crippen LogP contribution in [0, 0.1) is 29.1 Å². The number of carbonyl (C=O) groups excluding carboxylic acids is 1. The maximum atomic E-state index is 14.2. The molecule has 0 saturated carbocycles. The molecule has 2 heterocycles. The number of amides is 2. The summed E-state index contributed by atoms with van der Waals surface area (Å²) in [6.45, 7) is 1.84. The lowest BCUT2D eigenvalue weighted by Crippen LogP contribution is -2.41. The minimum Gasteiger partial charge on any atom is -0.356 e. The van der Waals surface area contributed by atoms with Crippen molar-refractivity contribution in [2.75, 3.05) is 11.9 Å². The second kappa shape index (κ2) is 7.43. The second-order valence-electron chi connectivity index (χ2n) is 6.80. The Bertz CT molecular complexity index is 1120. The molecule has 0 fully saturated rings. The molecule has 2 aromatic carbocycles. The number of halogens is 5. The molecular weight excluding hydrogens is 409 g/mol. The van der Waals surface area contributed by atoms with Crippen LogP contribution in [0.5, 0.6) is 0 Å². The standard InChI is InChI=1S/C20H14F5N3O2/c1-9-17-16(27-30-19(17)12-3-2-10(21)6-13(12)22)4-5-28(9)20(29)26-11-7-14(23)18(25)15(24)8-11/h2-3,6-9H,4-5H2,1H3,(H,26,29). The highest BCUT2D eigenvalue weighted by atomic mass is 19.2. The fraction of sp³-hybridized carbons (Fsp3) is 0.200. The maximum Gasteiger partial charge on any atom is 0.322 e. The smallest absolute Gasteiger partial charge is 0.322 e. The highest BCUT2D eigenvalue weighted by Crippen LogP contribution is 2.38. The fourth-order valence-corrected chi connectivity index (χ4v) is 3.49. The molecule has 4 rings (SSSR count). The number of urea groups is 1. The molecule has 3 aromatic rings. The summed E-state index contributed by atoms with van der Waals surface area (Å²) < 4.78 is 72.7. The van der Waals surface area contributed by atoms with Gasteiger partial charge in [-0.3, -0.25) is 0 Å². The lowest BCUT2D eigenvalue weighted by molar-refractivity contribution is 0.188. The summed E-state index contributed by atoms with van der Waals surface area (Å²) in [5, 5.41) is 6.24. The van der Waals surface area contributed by atoms with Crippen LogP contribution in [0.3, 0.4) is 0 Å². The zero-order valence-electron chi connectivity index (χ0n) is 15.5. The molecule has 1 aliphatic rings.